The fraction of sp³-hybridized carbons (Fsp3) is 0.320. The highest BCUT2D eigenvalue weighted by Gasteiger charge is 2.36. The minimum atomic E-state index is -0.486. The van der Waals surface area contributed by atoms with E-state index in [2.05, 4.69) is 15.0 Å². The van der Waals surface area contributed by atoms with Crippen molar-refractivity contribution in [3.05, 3.63) is 59.6 Å². The number of hydrogen-bond donors (Lipinski definition) is 2. The number of aromatic nitrogens is 3. The first-order valence-electron chi connectivity index (χ1n) is 11.4. The maximum Gasteiger partial charge on any atom is 0.247 e. The Morgan fingerprint density at radius 2 is 2.00 bits per heavy atom. The molecule has 3 heterocycles. The third-order valence-corrected chi connectivity index (χ3v) is 6.09. The lowest BCUT2D eigenvalue weighted by Crippen LogP contribution is -2.58. The molecule has 1 aromatic carbocycles. The van der Waals surface area contributed by atoms with Gasteiger partial charge in [-0.05, 0) is 54.8 Å². The number of anilines is 2. The Morgan fingerprint density at radius 1 is 1.18 bits per heavy atom. The number of piperazine rings is 1. The number of carbonyl (C=O) groups excluding carboxylic acids is 2. The van der Waals surface area contributed by atoms with Gasteiger partial charge in [-0.15, -0.1) is 0 Å². The monoisotopic (exact) mass is 459 g/mol. The van der Waals surface area contributed by atoms with Crippen LogP contribution in [0.4, 0.5) is 11.6 Å². The average Bonchev–Trinajstić information content (AvgIpc) is 2.81. The maximum atomic E-state index is 13.4. The zero-order valence-corrected chi connectivity index (χ0v) is 19.4. The Hall–Kier alpha value is -4.01. The van der Waals surface area contributed by atoms with E-state index in [-0.39, 0.29) is 11.8 Å². The molecule has 2 amide bonds. The van der Waals surface area contributed by atoms with E-state index in [1.807, 2.05) is 43.0 Å². The summed E-state index contributed by atoms with van der Waals surface area (Å²) in [5.74, 6) is 0.650. The van der Waals surface area contributed by atoms with Crippen LogP contribution < -0.4 is 11.5 Å². The third-order valence-electron chi connectivity index (χ3n) is 6.09. The van der Waals surface area contributed by atoms with E-state index in [0.717, 1.165) is 34.1 Å². The summed E-state index contributed by atoms with van der Waals surface area (Å²) in [4.78, 5) is 42.4. The zero-order valence-electron chi connectivity index (χ0n) is 19.4. The van der Waals surface area contributed by atoms with E-state index >= 15 is 0 Å². The molecule has 9 heteroatoms. The summed E-state index contributed by atoms with van der Waals surface area (Å²) < 4.78 is 0. The molecule has 4 N–H and O–H groups in total. The molecule has 1 aliphatic heterocycles. The molecule has 3 aromatic rings. The summed E-state index contributed by atoms with van der Waals surface area (Å²) in [5.41, 5.74) is 14.9. The maximum absolute atomic E-state index is 13.4. The fourth-order valence-electron chi connectivity index (χ4n) is 4.28. The summed E-state index contributed by atoms with van der Waals surface area (Å²) in [6.07, 6.45) is 6.08. The standard InChI is InChI=1S/C25H29N7O2/c1-3-4-21-25(34)31(14-17-5-8-19-20(13-17)28-15-29-24(19)27)11-12-32(21)23(33)10-7-18-6-9-22(26)30-16(18)2/h5-10,13,15,21H,3-4,11-12,14H2,1-2H3,(H2,26,30)(H2,27,28,29)/b10-7+. The van der Waals surface area contributed by atoms with Crippen molar-refractivity contribution < 1.29 is 9.59 Å². The third kappa shape index (κ3) is 4.83. The quantitative estimate of drug-likeness (QED) is 0.542. The number of amides is 2. The SMILES string of the molecule is CCCC1C(=O)N(Cc2ccc3c(N)ncnc3c2)CCN1C(=O)/C=C/c1ccc(N)nc1C. The van der Waals surface area contributed by atoms with Crippen LogP contribution >= 0.6 is 0 Å². The van der Waals surface area contributed by atoms with Crippen molar-refractivity contribution in [2.75, 3.05) is 24.6 Å². The van der Waals surface area contributed by atoms with Crippen LogP contribution in [0.25, 0.3) is 17.0 Å². The second-order valence-corrected chi connectivity index (χ2v) is 8.45. The normalized spacial score (nSPS) is 16.5. The van der Waals surface area contributed by atoms with Gasteiger partial charge >= 0.3 is 0 Å². The van der Waals surface area contributed by atoms with E-state index in [1.54, 1.807) is 17.0 Å². The van der Waals surface area contributed by atoms with Gasteiger partial charge in [-0.2, -0.15) is 0 Å². The average molecular weight is 460 g/mol. The molecule has 9 nitrogen and oxygen atoms in total. The zero-order chi connectivity index (χ0) is 24.2. The molecule has 0 saturated carbocycles. The number of rotatable bonds is 6. The Morgan fingerprint density at radius 3 is 2.76 bits per heavy atom. The van der Waals surface area contributed by atoms with E-state index in [0.29, 0.717) is 37.7 Å². The van der Waals surface area contributed by atoms with Gasteiger partial charge in [-0.25, -0.2) is 15.0 Å². The molecular formula is C25H29N7O2. The number of benzene rings is 1. The van der Waals surface area contributed by atoms with Crippen LogP contribution in [-0.4, -0.2) is 55.7 Å². The summed E-state index contributed by atoms with van der Waals surface area (Å²) in [6, 6.07) is 8.79. The van der Waals surface area contributed by atoms with E-state index in [1.165, 1.54) is 12.4 Å². The van der Waals surface area contributed by atoms with Crippen molar-refractivity contribution in [1.82, 2.24) is 24.8 Å². The molecule has 2 aromatic heterocycles. The number of nitrogen functional groups attached to an aromatic ring is 2. The smallest absolute Gasteiger partial charge is 0.247 e. The first kappa shape index (κ1) is 23.2. The van der Waals surface area contributed by atoms with Crippen LogP contribution in [0.2, 0.25) is 0 Å². The number of pyridine rings is 1. The van der Waals surface area contributed by atoms with Crippen LogP contribution in [0.15, 0.2) is 42.7 Å². The van der Waals surface area contributed by atoms with Crippen molar-refractivity contribution in [3.8, 4) is 0 Å². The van der Waals surface area contributed by atoms with Gasteiger partial charge in [0, 0.05) is 36.8 Å². The van der Waals surface area contributed by atoms with Crippen LogP contribution in [0.5, 0.6) is 0 Å². The van der Waals surface area contributed by atoms with Crippen molar-refractivity contribution in [2.24, 2.45) is 0 Å². The molecule has 1 aliphatic rings. The highest BCUT2D eigenvalue weighted by molar-refractivity contribution is 5.96. The van der Waals surface area contributed by atoms with Gasteiger partial charge in [0.2, 0.25) is 11.8 Å². The number of carbonyl (C=O) groups is 2. The van der Waals surface area contributed by atoms with Gasteiger partial charge in [0.15, 0.2) is 0 Å². The molecule has 0 bridgehead atoms. The van der Waals surface area contributed by atoms with Crippen molar-refractivity contribution in [3.63, 3.8) is 0 Å². The summed E-state index contributed by atoms with van der Waals surface area (Å²) in [7, 11) is 0. The lowest BCUT2D eigenvalue weighted by Gasteiger charge is -2.40. The van der Waals surface area contributed by atoms with Crippen LogP contribution in [0, 0.1) is 6.92 Å². The highest BCUT2D eigenvalue weighted by Crippen LogP contribution is 2.22. The molecule has 1 saturated heterocycles. The number of nitrogens with two attached hydrogens (primary N) is 2. The van der Waals surface area contributed by atoms with Crippen molar-refractivity contribution >= 4 is 40.4 Å². The summed E-state index contributed by atoms with van der Waals surface area (Å²) >= 11 is 0. The molecule has 1 fully saturated rings. The lowest BCUT2D eigenvalue weighted by atomic mass is 10.0. The van der Waals surface area contributed by atoms with Crippen LogP contribution in [0.1, 0.15) is 36.6 Å². The van der Waals surface area contributed by atoms with Crippen molar-refractivity contribution in [1.29, 1.82) is 0 Å². The van der Waals surface area contributed by atoms with Gasteiger partial charge in [0.1, 0.15) is 24.0 Å². The summed E-state index contributed by atoms with van der Waals surface area (Å²) in [6.45, 7) is 5.25. The van der Waals surface area contributed by atoms with Crippen LogP contribution in [-0.2, 0) is 16.1 Å². The van der Waals surface area contributed by atoms with Gasteiger partial charge < -0.3 is 21.3 Å². The minimum absolute atomic E-state index is 0.0394. The van der Waals surface area contributed by atoms with Gasteiger partial charge in [-0.3, -0.25) is 9.59 Å². The molecule has 176 valence electrons. The van der Waals surface area contributed by atoms with E-state index < -0.39 is 6.04 Å². The van der Waals surface area contributed by atoms with Gasteiger partial charge in [0.25, 0.3) is 0 Å². The molecular weight excluding hydrogens is 430 g/mol. The highest BCUT2D eigenvalue weighted by atomic mass is 16.2. The Kier molecular flexibility index (Phi) is 6.72. The Labute approximate surface area is 198 Å². The molecule has 1 unspecified atom stereocenters. The number of fused-ring (bicyclic) bond motifs is 1. The molecule has 34 heavy (non-hydrogen) atoms. The first-order valence-corrected chi connectivity index (χ1v) is 11.4. The number of aryl methyl sites for hydroxylation is 1. The summed E-state index contributed by atoms with van der Waals surface area (Å²) in [5, 5.41) is 0.787. The van der Waals surface area contributed by atoms with E-state index in [4.69, 9.17) is 11.5 Å². The molecule has 0 aliphatic carbocycles. The van der Waals surface area contributed by atoms with Crippen molar-refractivity contribution in [2.45, 2.75) is 39.3 Å². The lowest BCUT2D eigenvalue weighted by molar-refractivity contribution is -0.150. The predicted molar refractivity (Wildman–Crippen MR) is 132 cm³/mol. The Balaban J connectivity index is 1.49. The Bertz CT molecular complexity index is 1260. The predicted octanol–water partition coefficient (Wildman–Crippen LogP) is 2.55. The fourth-order valence-corrected chi connectivity index (χ4v) is 4.28. The topological polar surface area (TPSA) is 131 Å². The van der Waals surface area contributed by atoms with Gasteiger partial charge in [-0.1, -0.05) is 19.4 Å². The molecule has 1 atom stereocenters. The van der Waals surface area contributed by atoms with Gasteiger partial charge in [0.05, 0.1) is 5.52 Å². The minimum Gasteiger partial charge on any atom is -0.384 e. The first-order chi connectivity index (χ1) is 16.4. The van der Waals surface area contributed by atoms with E-state index in [9.17, 15) is 9.59 Å². The molecule has 4 rings (SSSR count). The largest absolute Gasteiger partial charge is 0.384 e. The molecule has 0 spiro atoms. The second kappa shape index (κ2) is 9.86. The molecule has 0 radical (unpaired) electrons. The second-order valence-electron chi connectivity index (χ2n) is 8.45. The van der Waals surface area contributed by atoms with Crippen LogP contribution in [0.3, 0.4) is 0 Å². The number of hydrogen-bond acceptors (Lipinski definition) is 7. The number of nitrogens with zero attached hydrogens (tertiary/aromatic N) is 5.